The van der Waals surface area contributed by atoms with Crippen LogP contribution in [0.1, 0.15) is 16.4 Å². The van der Waals surface area contributed by atoms with Crippen LogP contribution >= 0.6 is 34.7 Å². The van der Waals surface area contributed by atoms with Crippen molar-refractivity contribution in [1.82, 2.24) is 9.88 Å². The number of imide groups is 1. The van der Waals surface area contributed by atoms with E-state index in [1.807, 2.05) is 0 Å². The molecule has 2 aliphatic heterocycles. The van der Waals surface area contributed by atoms with Crippen LogP contribution in [0, 0.1) is 5.92 Å². The normalized spacial score (nSPS) is 21.3. The fourth-order valence-corrected chi connectivity index (χ4v) is 6.96. The number of hydrogen-bond acceptors (Lipinski definition) is 7. The Labute approximate surface area is 200 Å². The van der Waals surface area contributed by atoms with E-state index in [1.54, 1.807) is 36.4 Å². The molecule has 0 spiro atoms. The van der Waals surface area contributed by atoms with Crippen LogP contribution < -0.4 is 15.5 Å². The Morgan fingerprint density at radius 2 is 1.76 bits per heavy atom. The number of fused-ring (bicyclic) bond motifs is 2. The van der Waals surface area contributed by atoms with Gasteiger partial charge in [-0.25, -0.2) is 0 Å². The minimum Gasteiger partial charge on any atom is -0.508 e. The van der Waals surface area contributed by atoms with Gasteiger partial charge in [0.05, 0.1) is 10.9 Å². The number of thiazole rings is 1. The number of nitrogens with one attached hydrogen (secondary N) is 2. The summed E-state index contributed by atoms with van der Waals surface area (Å²) in [6, 6.07) is 12.9. The van der Waals surface area contributed by atoms with Crippen LogP contribution in [0.25, 0.3) is 0 Å². The Morgan fingerprint density at radius 3 is 2.45 bits per heavy atom. The van der Waals surface area contributed by atoms with E-state index < -0.39 is 34.8 Å². The molecule has 33 heavy (non-hydrogen) atoms. The largest absolute Gasteiger partial charge is 0.508 e. The van der Waals surface area contributed by atoms with Crippen molar-refractivity contribution in [3.05, 3.63) is 73.7 Å². The number of rotatable bonds is 4. The van der Waals surface area contributed by atoms with Crippen LogP contribution in [0.4, 0.5) is 5.69 Å². The predicted molar refractivity (Wildman–Crippen MR) is 125 cm³/mol. The number of halogens is 1. The lowest BCUT2D eigenvalue weighted by Crippen LogP contribution is -2.32. The highest BCUT2D eigenvalue weighted by molar-refractivity contribution is 8.00. The van der Waals surface area contributed by atoms with E-state index in [2.05, 4.69) is 10.6 Å². The van der Waals surface area contributed by atoms with Gasteiger partial charge in [-0.15, -0.1) is 0 Å². The Kier molecular flexibility index (Phi) is 5.51. The van der Waals surface area contributed by atoms with Crippen LogP contribution in [0.3, 0.4) is 0 Å². The van der Waals surface area contributed by atoms with Crippen LogP contribution in [-0.2, 0) is 20.9 Å². The highest BCUT2D eigenvalue weighted by Crippen LogP contribution is 2.51. The van der Waals surface area contributed by atoms with E-state index in [-0.39, 0.29) is 17.2 Å². The molecule has 3 amide bonds. The number of phenolic OH excluding ortho intramolecular Hbond substituents is 1. The van der Waals surface area contributed by atoms with Gasteiger partial charge in [-0.1, -0.05) is 46.8 Å². The average Bonchev–Trinajstić information content (AvgIpc) is 3.24. The molecular weight excluding hydrogens is 486 g/mol. The maximum Gasteiger partial charge on any atom is 0.308 e. The van der Waals surface area contributed by atoms with Crippen molar-refractivity contribution in [2.75, 3.05) is 5.32 Å². The Bertz CT molecular complexity index is 1330. The van der Waals surface area contributed by atoms with E-state index in [0.717, 1.165) is 23.1 Å². The molecule has 1 aromatic heterocycles. The van der Waals surface area contributed by atoms with Gasteiger partial charge in [-0.2, -0.15) is 0 Å². The third-order valence-electron chi connectivity index (χ3n) is 5.57. The van der Waals surface area contributed by atoms with E-state index >= 15 is 0 Å². The standard InChI is InChI=1S/C22H16ClN3O5S2/c23-11-3-5-12(6-4-11)24-14(28)9-26-21-18(33-22(26)31)15(10-1-7-13(27)8-2-10)16-17(32-21)20(30)25-19(16)29/h1-8,15-17,27H,9H2,(H,24,28)(H,25,29,30)/t15-,16?,17?/m0/s1. The summed E-state index contributed by atoms with van der Waals surface area (Å²) in [5.41, 5.74) is 1.24. The molecule has 0 radical (unpaired) electrons. The first-order valence-electron chi connectivity index (χ1n) is 9.91. The van der Waals surface area contributed by atoms with E-state index in [1.165, 1.54) is 16.7 Å². The Morgan fingerprint density at radius 1 is 1.06 bits per heavy atom. The number of carbonyl (C=O) groups is 3. The highest BCUT2D eigenvalue weighted by Gasteiger charge is 2.52. The van der Waals surface area contributed by atoms with Gasteiger partial charge in [-0.3, -0.25) is 29.1 Å². The third-order valence-corrected chi connectivity index (χ3v) is 8.44. The zero-order valence-electron chi connectivity index (χ0n) is 16.8. The smallest absolute Gasteiger partial charge is 0.308 e. The molecule has 3 heterocycles. The van der Waals surface area contributed by atoms with Gasteiger partial charge < -0.3 is 10.4 Å². The predicted octanol–water partition coefficient (Wildman–Crippen LogP) is 2.79. The quantitative estimate of drug-likeness (QED) is 0.473. The first kappa shape index (κ1) is 21.7. The first-order valence-corrected chi connectivity index (χ1v) is 12.0. The van der Waals surface area contributed by atoms with Crippen LogP contribution in [0.2, 0.25) is 5.02 Å². The topological polar surface area (TPSA) is 118 Å². The van der Waals surface area contributed by atoms with Crippen LogP contribution in [0.5, 0.6) is 5.75 Å². The van der Waals surface area contributed by atoms with Gasteiger partial charge in [0.25, 0.3) is 0 Å². The lowest BCUT2D eigenvalue weighted by Gasteiger charge is -2.30. The number of phenols is 1. The summed E-state index contributed by atoms with van der Waals surface area (Å²) in [6.07, 6.45) is 0. The molecule has 8 nitrogen and oxygen atoms in total. The molecule has 2 unspecified atom stereocenters. The summed E-state index contributed by atoms with van der Waals surface area (Å²) < 4.78 is 1.34. The van der Waals surface area contributed by atoms with E-state index in [4.69, 9.17) is 11.6 Å². The summed E-state index contributed by atoms with van der Waals surface area (Å²) in [5, 5.41) is 15.1. The van der Waals surface area contributed by atoms with Gasteiger partial charge in [0, 0.05) is 21.5 Å². The summed E-state index contributed by atoms with van der Waals surface area (Å²) in [6.45, 7) is -0.241. The molecule has 0 aliphatic carbocycles. The van der Waals surface area contributed by atoms with Gasteiger partial charge in [-0.05, 0) is 42.0 Å². The molecular formula is C22H16ClN3O5S2. The van der Waals surface area contributed by atoms with Crippen molar-refractivity contribution in [2.24, 2.45) is 5.92 Å². The van der Waals surface area contributed by atoms with Gasteiger partial charge >= 0.3 is 4.87 Å². The lowest BCUT2D eigenvalue weighted by molar-refractivity contribution is -0.126. The maximum atomic E-state index is 12.9. The number of aromatic hydroxyl groups is 1. The minimum absolute atomic E-state index is 0.0669. The molecule has 3 aromatic rings. The molecule has 0 saturated carbocycles. The fraction of sp³-hybridized carbons (Fsp3) is 0.182. The molecule has 11 heteroatoms. The Hall–Kier alpha value is -3.08. The van der Waals surface area contributed by atoms with Crippen molar-refractivity contribution < 1.29 is 19.5 Å². The number of amides is 3. The second-order valence-electron chi connectivity index (χ2n) is 7.67. The molecule has 1 saturated heterocycles. The maximum absolute atomic E-state index is 12.9. The molecule has 5 rings (SSSR count). The second-order valence-corrected chi connectivity index (χ2v) is 10.2. The van der Waals surface area contributed by atoms with Crippen molar-refractivity contribution in [3.8, 4) is 5.75 Å². The van der Waals surface area contributed by atoms with Crippen molar-refractivity contribution in [2.45, 2.75) is 22.7 Å². The lowest BCUT2D eigenvalue weighted by atomic mass is 9.83. The molecule has 0 bridgehead atoms. The number of thioether (sulfide) groups is 1. The molecule has 3 N–H and O–H groups in total. The molecule has 3 atom stereocenters. The molecule has 2 aliphatic rings. The van der Waals surface area contributed by atoms with Gasteiger partial charge in [0.2, 0.25) is 17.7 Å². The second kappa shape index (κ2) is 8.36. The number of hydrogen-bond donors (Lipinski definition) is 3. The number of nitrogens with zero attached hydrogens (tertiary/aromatic N) is 1. The van der Waals surface area contributed by atoms with Crippen molar-refractivity contribution >= 4 is 58.1 Å². The summed E-state index contributed by atoms with van der Waals surface area (Å²) >= 11 is 7.97. The summed E-state index contributed by atoms with van der Waals surface area (Å²) in [5.74, 6) is -2.38. The first-order chi connectivity index (χ1) is 15.8. The molecule has 2 aromatic carbocycles. The van der Waals surface area contributed by atoms with Gasteiger partial charge in [0.15, 0.2) is 0 Å². The van der Waals surface area contributed by atoms with Crippen molar-refractivity contribution in [3.63, 3.8) is 0 Å². The molecule has 168 valence electrons. The third kappa shape index (κ3) is 3.94. The zero-order chi connectivity index (χ0) is 23.3. The number of carbonyl (C=O) groups excluding carboxylic acids is 3. The number of anilines is 1. The minimum atomic E-state index is -0.719. The van der Waals surface area contributed by atoms with E-state index in [0.29, 0.717) is 26.2 Å². The summed E-state index contributed by atoms with van der Waals surface area (Å²) in [4.78, 5) is 51.0. The van der Waals surface area contributed by atoms with E-state index in [9.17, 15) is 24.3 Å². The molecule has 1 fully saturated rings. The summed E-state index contributed by atoms with van der Waals surface area (Å²) in [7, 11) is 0. The zero-order valence-corrected chi connectivity index (χ0v) is 19.2. The monoisotopic (exact) mass is 501 g/mol. The average molecular weight is 502 g/mol. The van der Waals surface area contributed by atoms with Crippen LogP contribution in [0.15, 0.2) is 58.4 Å². The van der Waals surface area contributed by atoms with Crippen LogP contribution in [-0.4, -0.2) is 32.6 Å². The number of aromatic nitrogens is 1. The Balaban J connectivity index is 1.52. The number of benzene rings is 2. The van der Waals surface area contributed by atoms with Crippen molar-refractivity contribution in [1.29, 1.82) is 0 Å². The fourth-order valence-electron chi connectivity index (χ4n) is 4.09. The SMILES string of the molecule is O=C(Cn1c2c(sc1=O)[C@@H](c1ccc(O)cc1)C1C(=O)NC(=O)C1S2)Nc1ccc(Cl)cc1. The van der Waals surface area contributed by atoms with Gasteiger partial charge in [0.1, 0.15) is 17.5 Å². The highest BCUT2D eigenvalue weighted by atomic mass is 35.5.